The van der Waals surface area contributed by atoms with Crippen molar-refractivity contribution >= 4 is 5.91 Å². The lowest BCUT2D eigenvalue weighted by atomic mass is 9.99. The number of nitriles is 1. The SMILES string of the molecule is N#Cc1cccc(-c2nn(C3c4cc(F)cc(F)c4CC3O)c3c2CN(C(=O)C2CC2)CC3)c1. The van der Waals surface area contributed by atoms with Crippen molar-refractivity contribution in [3.63, 3.8) is 0 Å². The average Bonchev–Trinajstić information content (AvgIpc) is 3.55. The minimum atomic E-state index is -0.959. The first kappa shape index (κ1) is 21.0. The van der Waals surface area contributed by atoms with Crippen molar-refractivity contribution in [2.24, 2.45) is 5.92 Å². The van der Waals surface area contributed by atoms with Gasteiger partial charge in [-0.25, -0.2) is 8.78 Å². The van der Waals surface area contributed by atoms with Crippen LogP contribution in [-0.2, 0) is 24.2 Å². The second-order valence-corrected chi connectivity index (χ2v) is 9.37. The van der Waals surface area contributed by atoms with Gasteiger partial charge in [-0.1, -0.05) is 12.1 Å². The van der Waals surface area contributed by atoms with Gasteiger partial charge in [-0.05, 0) is 42.2 Å². The van der Waals surface area contributed by atoms with Crippen LogP contribution in [0.25, 0.3) is 11.3 Å². The molecule has 1 N–H and O–H groups in total. The second-order valence-electron chi connectivity index (χ2n) is 9.37. The van der Waals surface area contributed by atoms with E-state index in [4.69, 9.17) is 5.10 Å². The molecule has 2 atom stereocenters. The highest BCUT2D eigenvalue weighted by Crippen LogP contribution is 2.41. The molecule has 1 saturated carbocycles. The highest BCUT2D eigenvalue weighted by Gasteiger charge is 2.40. The number of carbonyl (C=O) groups is 1. The molecule has 3 aliphatic rings. The topological polar surface area (TPSA) is 82.2 Å². The molecule has 1 fully saturated rings. The van der Waals surface area contributed by atoms with Gasteiger partial charge in [0.2, 0.25) is 5.91 Å². The van der Waals surface area contributed by atoms with Crippen LogP contribution in [0.1, 0.15) is 46.8 Å². The summed E-state index contributed by atoms with van der Waals surface area (Å²) in [6.07, 6.45) is 1.47. The number of aromatic nitrogens is 2. The molecule has 2 unspecified atom stereocenters. The van der Waals surface area contributed by atoms with E-state index in [1.807, 2.05) is 11.0 Å². The lowest BCUT2D eigenvalue weighted by Gasteiger charge is -2.29. The Kier molecular flexibility index (Phi) is 4.78. The molecule has 1 amide bonds. The quantitative estimate of drug-likeness (QED) is 0.649. The largest absolute Gasteiger partial charge is 0.390 e. The van der Waals surface area contributed by atoms with E-state index in [0.29, 0.717) is 41.9 Å². The van der Waals surface area contributed by atoms with Crippen molar-refractivity contribution in [3.8, 4) is 17.3 Å². The van der Waals surface area contributed by atoms with Gasteiger partial charge in [0.1, 0.15) is 17.7 Å². The molecule has 34 heavy (non-hydrogen) atoms. The molecule has 1 aliphatic heterocycles. The van der Waals surface area contributed by atoms with Gasteiger partial charge in [0.05, 0.1) is 23.4 Å². The number of hydrogen-bond acceptors (Lipinski definition) is 4. The number of halogens is 2. The van der Waals surface area contributed by atoms with E-state index in [2.05, 4.69) is 6.07 Å². The van der Waals surface area contributed by atoms with Crippen LogP contribution in [0, 0.1) is 28.9 Å². The summed E-state index contributed by atoms with van der Waals surface area (Å²) in [7, 11) is 0. The van der Waals surface area contributed by atoms with Crippen molar-refractivity contribution in [3.05, 3.63) is 76.0 Å². The zero-order chi connectivity index (χ0) is 23.6. The Balaban J connectivity index is 1.50. The van der Waals surface area contributed by atoms with E-state index in [1.165, 1.54) is 6.07 Å². The van der Waals surface area contributed by atoms with Gasteiger partial charge in [0.25, 0.3) is 0 Å². The Labute approximate surface area is 195 Å². The number of benzene rings is 2. The molecule has 2 heterocycles. The molecule has 3 aromatic rings. The first-order valence-electron chi connectivity index (χ1n) is 11.5. The Bertz CT molecular complexity index is 1370. The molecule has 6 nitrogen and oxygen atoms in total. The maximum Gasteiger partial charge on any atom is 0.225 e. The van der Waals surface area contributed by atoms with Gasteiger partial charge in [0, 0.05) is 54.7 Å². The minimum Gasteiger partial charge on any atom is -0.390 e. The first-order chi connectivity index (χ1) is 16.4. The van der Waals surface area contributed by atoms with Crippen LogP contribution in [-0.4, -0.2) is 38.3 Å². The Morgan fingerprint density at radius 2 is 2.00 bits per heavy atom. The van der Waals surface area contributed by atoms with Crippen molar-refractivity contribution in [1.82, 2.24) is 14.7 Å². The molecule has 0 bridgehead atoms. The molecule has 0 radical (unpaired) electrons. The molecule has 0 saturated heterocycles. The highest BCUT2D eigenvalue weighted by atomic mass is 19.1. The smallest absolute Gasteiger partial charge is 0.225 e. The molecule has 8 heteroatoms. The molecule has 0 spiro atoms. The maximum absolute atomic E-state index is 14.5. The van der Waals surface area contributed by atoms with Crippen LogP contribution < -0.4 is 0 Å². The summed E-state index contributed by atoms with van der Waals surface area (Å²) in [6.45, 7) is 0.906. The Morgan fingerprint density at radius 1 is 1.18 bits per heavy atom. The number of rotatable bonds is 3. The molecular weight excluding hydrogens is 438 g/mol. The lowest BCUT2D eigenvalue weighted by molar-refractivity contribution is -0.133. The monoisotopic (exact) mass is 460 g/mol. The number of aliphatic hydroxyl groups excluding tert-OH is 1. The maximum atomic E-state index is 14.5. The highest BCUT2D eigenvalue weighted by molar-refractivity contribution is 5.81. The predicted octanol–water partition coefficient (Wildman–Crippen LogP) is 3.50. The van der Waals surface area contributed by atoms with E-state index in [-0.39, 0.29) is 18.2 Å². The lowest BCUT2D eigenvalue weighted by Crippen LogP contribution is -2.38. The number of amides is 1. The number of carbonyl (C=O) groups excluding carboxylic acids is 1. The van der Waals surface area contributed by atoms with Gasteiger partial charge >= 0.3 is 0 Å². The van der Waals surface area contributed by atoms with E-state index < -0.39 is 23.8 Å². The minimum absolute atomic E-state index is 0.0757. The summed E-state index contributed by atoms with van der Waals surface area (Å²) < 4.78 is 30.3. The molecular formula is C26H22F2N4O2. The zero-order valence-corrected chi connectivity index (χ0v) is 18.3. The van der Waals surface area contributed by atoms with Crippen molar-refractivity contribution in [2.75, 3.05) is 6.54 Å². The van der Waals surface area contributed by atoms with E-state index >= 15 is 0 Å². The molecule has 1 aromatic heterocycles. The van der Waals surface area contributed by atoms with Crippen LogP contribution in [0.2, 0.25) is 0 Å². The number of hydrogen-bond donors (Lipinski definition) is 1. The standard InChI is InChI=1S/C26H22F2N4O2/c27-17-9-19-18(21(28)10-17)11-23(33)25(19)32-22-6-7-31(26(34)15-4-5-15)13-20(22)24(30-32)16-3-1-2-14(8-16)12-29/h1-3,8-10,15,23,25,33H,4-7,11,13H2. The summed E-state index contributed by atoms with van der Waals surface area (Å²) in [5.74, 6) is -1.12. The second kappa shape index (κ2) is 7.74. The number of aliphatic hydroxyl groups is 1. The van der Waals surface area contributed by atoms with Gasteiger partial charge in [-0.2, -0.15) is 10.4 Å². The molecule has 6 rings (SSSR count). The first-order valence-corrected chi connectivity index (χ1v) is 11.5. The van der Waals surface area contributed by atoms with Crippen LogP contribution in [0.15, 0.2) is 36.4 Å². The summed E-state index contributed by atoms with van der Waals surface area (Å²) in [6, 6.07) is 10.6. The fourth-order valence-corrected chi connectivity index (χ4v) is 5.35. The normalized spacial score (nSPS) is 21.2. The van der Waals surface area contributed by atoms with Crippen molar-refractivity contribution in [2.45, 2.75) is 44.4 Å². The van der Waals surface area contributed by atoms with Crippen molar-refractivity contribution < 1.29 is 18.7 Å². The Morgan fingerprint density at radius 3 is 2.76 bits per heavy atom. The van der Waals surface area contributed by atoms with Crippen LogP contribution >= 0.6 is 0 Å². The third kappa shape index (κ3) is 3.31. The van der Waals surface area contributed by atoms with Gasteiger partial charge < -0.3 is 10.0 Å². The summed E-state index contributed by atoms with van der Waals surface area (Å²) in [4.78, 5) is 14.7. The van der Waals surface area contributed by atoms with Crippen molar-refractivity contribution in [1.29, 1.82) is 5.26 Å². The van der Waals surface area contributed by atoms with E-state index in [0.717, 1.165) is 35.7 Å². The summed E-state index contributed by atoms with van der Waals surface area (Å²) in [5.41, 5.74) is 4.23. The van der Waals surface area contributed by atoms with Crippen LogP contribution in [0.3, 0.4) is 0 Å². The predicted molar refractivity (Wildman–Crippen MR) is 118 cm³/mol. The van der Waals surface area contributed by atoms with E-state index in [9.17, 15) is 23.9 Å². The van der Waals surface area contributed by atoms with Crippen LogP contribution in [0.4, 0.5) is 8.78 Å². The van der Waals surface area contributed by atoms with Gasteiger partial charge in [-0.3, -0.25) is 9.48 Å². The molecule has 2 aliphatic carbocycles. The average molecular weight is 460 g/mol. The third-order valence-electron chi connectivity index (χ3n) is 7.14. The molecule has 172 valence electrons. The number of fused-ring (bicyclic) bond motifs is 2. The Hall–Kier alpha value is -3.57. The molecule has 2 aromatic carbocycles. The number of nitrogens with zero attached hydrogens (tertiary/aromatic N) is 4. The fourth-order valence-electron chi connectivity index (χ4n) is 5.35. The fraction of sp³-hybridized carbons (Fsp3) is 0.346. The van der Waals surface area contributed by atoms with Crippen LogP contribution in [0.5, 0.6) is 0 Å². The van der Waals surface area contributed by atoms with Gasteiger partial charge in [0.15, 0.2) is 0 Å². The summed E-state index contributed by atoms with van der Waals surface area (Å²) >= 11 is 0. The van der Waals surface area contributed by atoms with E-state index in [1.54, 1.807) is 22.9 Å². The van der Waals surface area contributed by atoms with Gasteiger partial charge in [-0.15, -0.1) is 0 Å². The zero-order valence-electron chi connectivity index (χ0n) is 18.3. The third-order valence-corrected chi connectivity index (χ3v) is 7.14. The summed E-state index contributed by atoms with van der Waals surface area (Å²) in [5, 5.41) is 25.1.